The number of fused-ring (bicyclic) bond motifs is 2. The zero-order chi connectivity index (χ0) is 31.9. The molecule has 12 nitrogen and oxygen atoms in total. The fraction of sp³-hybridized carbons (Fsp3) is 0.276. The first-order valence-electron chi connectivity index (χ1n) is 13.9. The summed E-state index contributed by atoms with van der Waals surface area (Å²) in [5.74, 6) is -2.97. The summed E-state index contributed by atoms with van der Waals surface area (Å²) in [4.78, 5) is 67.9. The fourth-order valence-electron chi connectivity index (χ4n) is 5.19. The molecule has 5 heterocycles. The molecule has 1 fully saturated rings. The number of nitrogens with one attached hydrogen (secondary N) is 3. The number of nitrogens with zero attached hydrogens (tertiary/aromatic N) is 4. The van der Waals surface area contributed by atoms with Gasteiger partial charge in [0.15, 0.2) is 17.0 Å². The third-order valence-corrected chi connectivity index (χ3v) is 8.27. The molecule has 16 heteroatoms. The summed E-state index contributed by atoms with van der Waals surface area (Å²) in [6, 6.07) is 9.10. The number of hydrogen-bond donors (Lipinski definition) is 3. The number of hydrogen-bond acceptors (Lipinski definition) is 9. The van der Waals surface area contributed by atoms with E-state index in [1.807, 2.05) is 0 Å². The first-order chi connectivity index (χ1) is 21.5. The molecule has 1 saturated heterocycles. The summed E-state index contributed by atoms with van der Waals surface area (Å²) in [6.07, 6.45) is -3.51. The van der Waals surface area contributed by atoms with Gasteiger partial charge < -0.3 is 10.6 Å². The second kappa shape index (κ2) is 11.8. The van der Waals surface area contributed by atoms with Crippen LogP contribution in [0.5, 0.6) is 0 Å². The van der Waals surface area contributed by atoms with Crippen molar-refractivity contribution in [2.24, 2.45) is 0 Å². The molecule has 3 aromatic heterocycles. The summed E-state index contributed by atoms with van der Waals surface area (Å²) in [5.41, 5.74) is -0.304. The molecule has 1 aromatic carbocycles. The van der Waals surface area contributed by atoms with Crippen molar-refractivity contribution >= 4 is 52.2 Å². The standard InChI is InChI=1S/C29H24F3N7O5S/c30-29(31,32)22-13-18(21-4-3-11-45-21)35-23-14-19(37-39(22)23)25(41)34-10-2-1-9-33-15-5-6-16-17(12-15)28(44)38(27(16)43)20-7-8-24(40)36-26(20)42/h3-6,11-14,20,33H,1-2,7-10H2,(H,34,41)(H,36,40,42). The molecule has 4 aromatic rings. The largest absolute Gasteiger partial charge is 0.433 e. The Morgan fingerprint density at radius 3 is 2.53 bits per heavy atom. The molecule has 0 spiro atoms. The minimum atomic E-state index is -4.71. The van der Waals surface area contributed by atoms with Crippen molar-refractivity contribution in [1.82, 2.24) is 30.1 Å². The third-order valence-electron chi connectivity index (χ3n) is 7.38. The van der Waals surface area contributed by atoms with E-state index in [1.54, 1.807) is 23.6 Å². The van der Waals surface area contributed by atoms with E-state index >= 15 is 0 Å². The number of rotatable bonds is 9. The number of alkyl halides is 3. The number of unbranched alkanes of at least 4 members (excludes halogenated alkanes) is 1. The van der Waals surface area contributed by atoms with Crippen LogP contribution in [0.4, 0.5) is 18.9 Å². The number of amides is 5. The molecule has 2 aliphatic heterocycles. The van der Waals surface area contributed by atoms with Crippen LogP contribution in [0.1, 0.15) is 62.6 Å². The molecular formula is C29H24F3N7O5S. The van der Waals surface area contributed by atoms with Crippen LogP contribution in [0.15, 0.2) is 47.8 Å². The van der Waals surface area contributed by atoms with Crippen molar-refractivity contribution in [1.29, 1.82) is 0 Å². The fourth-order valence-corrected chi connectivity index (χ4v) is 5.88. The van der Waals surface area contributed by atoms with Gasteiger partial charge in [-0.2, -0.15) is 18.3 Å². The summed E-state index contributed by atoms with van der Waals surface area (Å²) < 4.78 is 41.9. The first kappa shape index (κ1) is 29.9. The van der Waals surface area contributed by atoms with Crippen LogP contribution < -0.4 is 16.0 Å². The number of aromatic nitrogens is 3. The van der Waals surface area contributed by atoms with E-state index in [4.69, 9.17) is 0 Å². The number of halogens is 3. The van der Waals surface area contributed by atoms with Crippen LogP contribution in [-0.4, -0.2) is 68.2 Å². The van der Waals surface area contributed by atoms with E-state index in [2.05, 4.69) is 26.0 Å². The van der Waals surface area contributed by atoms with Crippen LogP contribution >= 0.6 is 11.3 Å². The monoisotopic (exact) mass is 639 g/mol. The predicted octanol–water partition coefficient (Wildman–Crippen LogP) is 3.50. The minimum Gasteiger partial charge on any atom is -0.385 e. The number of anilines is 1. The van der Waals surface area contributed by atoms with Crippen LogP contribution in [0.25, 0.3) is 16.2 Å². The molecule has 1 unspecified atom stereocenters. The average molecular weight is 640 g/mol. The van der Waals surface area contributed by atoms with Crippen LogP contribution in [0.2, 0.25) is 0 Å². The van der Waals surface area contributed by atoms with Gasteiger partial charge in [0.05, 0.1) is 21.7 Å². The van der Waals surface area contributed by atoms with E-state index < -0.39 is 47.4 Å². The molecule has 5 amide bonds. The Bertz CT molecular complexity index is 1850. The normalized spacial score (nSPS) is 16.7. The van der Waals surface area contributed by atoms with Gasteiger partial charge in [-0.05, 0) is 55.0 Å². The molecular weight excluding hydrogens is 615 g/mol. The highest BCUT2D eigenvalue weighted by Crippen LogP contribution is 2.34. The Morgan fingerprint density at radius 1 is 1.02 bits per heavy atom. The molecule has 232 valence electrons. The molecule has 0 bridgehead atoms. The van der Waals surface area contributed by atoms with Crippen LogP contribution in [0.3, 0.4) is 0 Å². The SMILES string of the molecule is O=C1CCC(N2C(=O)c3ccc(NCCCCNC(=O)c4cc5nc(-c6cccs6)cc(C(F)(F)F)n5n4)cc3C2=O)C(=O)N1. The van der Waals surface area contributed by atoms with Crippen molar-refractivity contribution < 1.29 is 37.1 Å². The highest BCUT2D eigenvalue weighted by molar-refractivity contribution is 7.13. The lowest BCUT2D eigenvalue weighted by Crippen LogP contribution is -2.54. The summed E-state index contributed by atoms with van der Waals surface area (Å²) in [6.45, 7) is 0.679. The number of carbonyl (C=O) groups is 5. The second-order valence-corrected chi connectivity index (χ2v) is 11.3. The molecule has 0 aliphatic carbocycles. The lowest BCUT2D eigenvalue weighted by atomic mass is 10.0. The number of imide groups is 2. The molecule has 2 aliphatic rings. The van der Waals surface area contributed by atoms with E-state index in [-0.39, 0.29) is 47.5 Å². The maximum absolute atomic E-state index is 13.8. The van der Waals surface area contributed by atoms with Gasteiger partial charge in [0, 0.05) is 31.3 Å². The molecule has 1 atom stereocenters. The smallest absolute Gasteiger partial charge is 0.385 e. The molecule has 3 N–H and O–H groups in total. The molecule has 0 radical (unpaired) electrons. The van der Waals surface area contributed by atoms with Crippen LogP contribution in [-0.2, 0) is 15.8 Å². The molecule has 0 saturated carbocycles. The van der Waals surface area contributed by atoms with Gasteiger partial charge in [0.2, 0.25) is 11.8 Å². The Balaban J connectivity index is 1.02. The van der Waals surface area contributed by atoms with E-state index in [9.17, 15) is 37.1 Å². The highest BCUT2D eigenvalue weighted by Gasteiger charge is 2.44. The summed E-state index contributed by atoms with van der Waals surface area (Å²) in [7, 11) is 0. The van der Waals surface area contributed by atoms with E-state index in [0.29, 0.717) is 34.5 Å². The van der Waals surface area contributed by atoms with Gasteiger partial charge >= 0.3 is 6.18 Å². The van der Waals surface area contributed by atoms with Gasteiger partial charge in [0.25, 0.3) is 17.7 Å². The second-order valence-electron chi connectivity index (χ2n) is 10.4. The lowest BCUT2D eigenvalue weighted by Gasteiger charge is -2.27. The molecule has 45 heavy (non-hydrogen) atoms. The maximum Gasteiger partial charge on any atom is 0.433 e. The maximum atomic E-state index is 13.8. The van der Waals surface area contributed by atoms with Crippen molar-refractivity contribution in [3.63, 3.8) is 0 Å². The predicted molar refractivity (Wildman–Crippen MR) is 154 cm³/mol. The van der Waals surface area contributed by atoms with Crippen molar-refractivity contribution in [2.75, 3.05) is 18.4 Å². The Hall–Kier alpha value is -5.12. The highest BCUT2D eigenvalue weighted by atomic mass is 32.1. The van der Waals surface area contributed by atoms with E-state index in [0.717, 1.165) is 11.0 Å². The third kappa shape index (κ3) is 5.87. The van der Waals surface area contributed by atoms with Crippen LogP contribution in [0, 0.1) is 0 Å². The van der Waals surface area contributed by atoms with Gasteiger partial charge in [0.1, 0.15) is 6.04 Å². The van der Waals surface area contributed by atoms with Gasteiger partial charge in [-0.15, -0.1) is 11.3 Å². The van der Waals surface area contributed by atoms with E-state index in [1.165, 1.54) is 29.5 Å². The number of piperidine rings is 1. The Morgan fingerprint density at radius 2 is 1.80 bits per heavy atom. The number of carbonyl (C=O) groups excluding carboxylic acids is 5. The Labute approximate surface area is 256 Å². The average Bonchev–Trinajstić information content (AvgIpc) is 3.73. The zero-order valence-electron chi connectivity index (χ0n) is 23.3. The Kier molecular flexibility index (Phi) is 7.82. The van der Waals surface area contributed by atoms with Gasteiger partial charge in [-0.25, -0.2) is 9.50 Å². The first-order valence-corrected chi connectivity index (χ1v) is 14.8. The molecule has 6 rings (SSSR count). The van der Waals surface area contributed by atoms with Crippen molar-refractivity contribution in [3.8, 4) is 10.6 Å². The number of thiophene rings is 1. The minimum absolute atomic E-state index is 0.0308. The van der Waals surface area contributed by atoms with Crippen molar-refractivity contribution in [3.05, 3.63) is 70.4 Å². The zero-order valence-corrected chi connectivity index (χ0v) is 24.1. The number of benzene rings is 1. The lowest BCUT2D eigenvalue weighted by molar-refractivity contribution is -0.142. The van der Waals surface area contributed by atoms with Gasteiger partial charge in [-0.1, -0.05) is 6.07 Å². The van der Waals surface area contributed by atoms with Gasteiger partial charge in [-0.3, -0.25) is 34.2 Å². The quantitative estimate of drug-likeness (QED) is 0.186. The summed E-state index contributed by atoms with van der Waals surface area (Å²) >= 11 is 1.25. The van der Waals surface area contributed by atoms with Crippen molar-refractivity contribution in [2.45, 2.75) is 37.9 Å². The summed E-state index contributed by atoms with van der Waals surface area (Å²) in [5, 5.41) is 13.5. The topological polar surface area (TPSA) is 155 Å².